The van der Waals surface area contributed by atoms with Crippen LogP contribution in [0.15, 0.2) is 23.1 Å². The van der Waals surface area contributed by atoms with Gasteiger partial charge in [-0.3, -0.25) is 0 Å². The monoisotopic (exact) mass is 298 g/mol. The predicted molar refractivity (Wildman–Crippen MR) is 88.3 cm³/mol. The lowest BCUT2D eigenvalue weighted by Crippen LogP contribution is -2.45. The van der Waals surface area contributed by atoms with Crippen LogP contribution in [-0.4, -0.2) is 35.0 Å². The van der Waals surface area contributed by atoms with Crippen LogP contribution in [0, 0.1) is 0 Å². The Kier molecular flexibility index (Phi) is 5.64. The highest BCUT2D eigenvalue weighted by atomic mass is 32.2. The largest absolute Gasteiger partial charge is 0.394 e. The second-order valence-electron chi connectivity index (χ2n) is 4.98. The van der Waals surface area contributed by atoms with E-state index in [4.69, 9.17) is 18.0 Å². The second kappa shape index (κ2) is 6.59. The van der Waals surface area contributed by atoms with Crippen LogP contribution in [-0.2, 0) is 0 Å². The standard InChI is InChI=1S/C14H22N2OS2/c1-5-19-11-8-6-7-10(12(11)13(15)18)16(4)14(2,3)9-17/h6-8,17H,5,9H2,1-4H3,(H2,15,18). The minimum Gasteiger partial charge on any atom is -0.394 e. The first-order valence-electron chi connectivity index (χ1n) is 6.25. The summed E-state index contributed by atoms with van der Waals surface area (Å²) >= 11 is 6.93. The fourth-order valence-corrected chi connectivity index (χ4v) is 2.88. The minimum atomic E-state index is -0.366. The van der Waals surface area contributed by atoms with Crippen LogP contribution in [0.3, 0.4) is 0 Å². The fourth-order valence-electron chi connectivity index (χ4n) is 1.75. The number of hydrogen-bond acceptors (Lipinski definition) is 4. The molecular formula is C14H22N2OS2. The lowest BCUT2D eigenvalue weighted by atomic mass is 10.0. The highest BCUT2D eigenvalue weighted by Crippen LogP contribution is 2.33. The number of hydrogen-bond donors (Lipinski definition) is 2. The van der Waals surface area contributed by atoms with E-state index in [1.165, 1.54) is 0 Å². The Bertz CT molecular complexity index is 461. The van der Waals surface area contributed by atoms with E-state index in [2.05, 4.69) is 6.92 Å². The Labute approximate surface area is 125 Å². The Hall–Kier alpha value is -0.780. The zero-order valence-electron chi connectivity index (χ0n) is 11.9. The van der Waals surface area contributed by atoms with Gasteiger partial charge in [0, 0.05) is 23.2 Å². The molecule has 106 valence electrons. The van der Waals surface area contributed by atoms with Gasteiger partial charge >= 0.3 is 0 Å². The van der Waals surface area contributed by atoms with Crippen molar-refractivity contribution in [3.8, 4) is 0 Å². The van der Waals surface area contributed by atoms with Crippen LogP contribution in [0.5, 0.6) is 0 Å². The van der Waals surface area contributed by atoms with Gasteiger partial charge in [0.25, 0.3) is 0 Å². The molecule has 5 heteroatoms. The average molecular weight is 298 g/mol. The maximum Gasteiger partial charge on any atom is 0.107 e. The van der Waals surface area contributed by atoms with Crippen molar-refractivity contribution in [2.24, 2.45) is 5.73 Å². The van der Waals surface area contributed by atoms with Crippen molar-refractivity contribution >= 4 is 34.7 Å². The molecule has 0 aliphatic heterocycles. The maximum atomic E-state index is 9.52. The van der Waals surface area contributed by atoms with Crippen molar-refractivity contribution in [3.05, 3.63) is 23.8 Å². The molecule has 0 saturated carbocycles. The van der Waals surface area contributed by atoms with Crippen molar-refractivity contribution in [2.45, 2.75) is 31.2 Å². The third kappa shape index (κ3) is 3.61. The molecule has 3 nitrogen and oxygen atoms in total. The first kappa shape index (κ1) is 16.3. The SMILES string of the molecule is CCSc1cccc(N(C)C(C)(C)CO)c1C(N)=S. The topological polar surface area (TPSA) is 49.5 Å². The molecular weight excluding hydrogens is 276 g/mol. The minimum absolute atomic E-state index is 0.0609. The predicted octanol–water partition coefficient (Wildman–Crippen LogP) is 2.64. The number of aliphatic hydroxyl groups excluding tert-OH is 1. The van der Waals surface area contributed by atoms with Gasteiger partial charge in [0.15, 0.2) is 0 Å². The summed E-state index contributed by atoms with van der Waals surface area (Å²) in [5.74, 6) is 0.964. The highest BCUT2D eigenvalue weighted by molar-refractivity contribution is 7.99. The van der Waals surface area contributed by atoms with E-state index < -0.39 is 0 Å². The molecule has 0 atom stereocenters. The smallest absolute Gasteiger partial charge is 0.107 e. The Balaban J connectivity index is 3.35. The molecule has 1 rings (SSSR count). The van der Waals surface area contributed by atoms with E-state index in [-0.39, 0.29) is 12.1 Å². The van der Waals surface area contributed by atoms with Gasteiger partial charge in [-0.25, -0.2) is 0 Å². The number of aliphatic hydroxyl groups is 1. The van der Waals surface area contributed by atoms with Gasteiger partial charge in [-0.15, -0.1) is 11.8 Å². The first-order chi connectivity index (χ1) is 8.85. The average Bonchev–Trinajstić information content (AvgIpc) is 2.37. The maximum absolute atomic E-state index is 9.52. The van der Waals surface area contributed by atoms with Crippen LogP contribution in [0.4, 0.5) is 5.69 Å². The summed E-state index contributed by atoms with van der Waals surface area (Å²) in [5.41, 5.74) is 7.39. The number of anilines is 1. The van der Waals surface area contributed by atoms with Crippen LogP contribution in [0.1, 0.15) is 26.3 Å². The van der Waals surface area contributed by atoms with Gasteiger partial charge < -0.3 is 15.7 Å². The lowest BCUT2D eigenvalue weighted by molar-refractivity contribution is 0.216. The summed E-state index contributed by atoms with van der Waals surface area (Å²) in [4.78, 5) is 3.52. The summed E-state index contributed by atoms with van der Waals surface area (Å²) in [6, 6.07) is 6.02. The van der Waals surface area contributed by atoms with E-state index in [1.54, 1.807) is 11.8 Å². The molecule has 0 fully saturated rings. The van der Waals surface area contributed by atoms with Crippen LogP contribution in [0.2, 0.25) is 0 Å². The van der Waals surface area contributed by atoms with Gasteiger partial charge in [0.05, 0.1) is 12.1 Å². The molecule has 3 N–H and O–H groups in total. The summed E-state index contributed by atoms with van der Waals surface area (Å²) in [7, 11) is 1.95. The Morgan fingerprint density at radius 3 is 2.58 bits per heavy atom. The molecule has 0 amide bonds. The molecule has 0 aliphatic rings. The van der Waals surface area contributed by atoms with E-state index >= 15 is 0 Å². The first-order valence-corrected chi connectivity index (χ1v) is 7.64. The van der Waals surface area contributed by atoms with Gasteiger partial charge in [-0.2, -0.15) is 0 Å². The van der Waals surface area contributed by atoms with E-state index in [0.29, 0.717) is 4.99 Å². The number of nitrogens with zero attached hydrogens (tertiary/aromatic N) is 1. The third-order valence-corrected chi connectivity index (χ3v) is 4.35. The normalized spacial score (nSPS) is 11.4. The van der Waals surface area contributed by atoms with Crippen molar-refractivity contribution < 1.29 is 5.11 Å². The third-order valence-electron chi connectivity index (χ3n) is 3.21. The second-order valence-corrected chi connectivity index (χ2v) is 6.72. The molecule has 0 unspecified atom stereocenters. The number of nitrogens with two attached hydrogens (primary N) is 1. The molecule has 1 aromatic carbocycles. The zero-order chi connectivity index (χ0) is 14.6. The Morgan fingerprint density at radius 2 is 2.11 bits per heavy atom. The summed E-state index contributed by atoms with van der Waals surface area (Å²) < 4.78 is 0. The summed E-state index contributed by atoms with van der Waals surface area (Å²) in [5, 5.41) is 9.52. The van der Waals surface area contributed by atoms with Gasteiger partial charge in [-0.1, -0.05) is 25.2 Å². The van der Waals surface area contributed by atoms with Gasteiger partial charge in [0.2, 0.25) is 0 Å². The molecule has 0 aliphatic carbocycles. The molecule has 0 saturated heterocycles. The van der Waals surface area contributed by atoms with Crippen molar-refractivity contribution in [2.75, 3.05) is 24.3 Å². The van der Waals surface area contributed by atoms with Crippen molar-refractivity contribution in [3.63, 3.8) is 0 Å². The number of thiocarbonyl (C=S) groups is 1. The molecule has 0 heterocycles. The van der Waals surface area contributed by atoms with Gasteiger partial charge in [0.1, 0.15) is 4.99 Å². The molecule has 19 heavy (non-hydrogen) atoms. The highest BCUT2D eigenvalue weighted by Gasteiger charge is 2.26. The molecule has 0 spiro atoms. The fraction of sp³-hybridized carbons (Fsp3) is 0.500. The lowest BCUT2D eigenvalue weighted by Gasteiger charge is -2.37. The summed E-state index contributed by atoms with van der Waals surface area (Å²) in [6.45, 7) is 6.12. The quantitative estimate of drug-likeness (QED) is 0.624. The number of likely N-dealkylation sites (N-methyl/N-ethyl adjacent to an activating group) is 1. The zero-order valence-corrected chi connectivity index (χ0v) is 13.6. The van der Waals surface area contributed by atoms with Gasteiger partial charge in [-0.05, 0) is 31.7 Å². The number of rotatable bonds is 6. The van der Waals surface area contributed by atoms with Crippen molar-refractivity contribution in [1.82, 2.24) is 0 Å². The number of thioether (sulfide) groups is 1. The van der Waals surface area contributed by atoms with E-state index in [9.17, 15) is 5.11 Å². The molecule has 0 bridgehead atoms. The molecule has 1 aromatic rings. The van der Waals surface area contributed by atoms with E-state index in [0.717, 1.165) is 21.9 Å². The van der Waals surface area contributed by atoms with Crippen LogP contribution >= 0.6 is 24.0 Å². The molecule has 0 aromatic heterocycles. The van der Waals surface area contributed by atoms with Crippen LogP contribution in [0.25, 0.3) is 0 Å². The molecule has 0 radical (unpaired) electrons. The van der Waals surface area contributed by atoms with Crippen molar-refractivity contribution in [1.29, 1.82) is 0 Å². The van der Waals surface area contributed by atoms with Crippen LogP contribution < -0.4 is 10.6 Å². The Morgan fingerprint density at radius 1 is 1.47 bits per heavy atom. The number of benzene rings is 1. The summed E-state index contributed by atoms with van der Waals surface area (Å²) in [6.07, 6.45) is 0. The van der Waals surface area contributed by atoms with E-state index in [1.807, 2.05) is 44.0 Å².